The summed E-state index contributed by atoms with van der Waals surface area (Å²) in [5.41, 5.74) is 0.849. The molecule has 0 aliphatic carbocycles. The quantitative estimate of drug-likeness (QED) is 0.806. The van der Waals surface area contributed by atoms with Gasteiger partial charge in [0.1, 0.15) is 0 Å². The molecule has 0 unspecified atom stereocenters. The molecule has 8 heteroatoms. The van der Waals surface area contributed by atoms with Crippen molar-refractivity contribution in [2.24, 2.45) is 0 Å². The number of carbonyl (C=O) groups is 1. The number of hydrogen-bond donors (Lipinski definition) is 1. The molecule has 1 fully saturated rings. The Morgan fingerprint density at radius 2 is 2.04 bits per heavy atom. The van der Waals surface area contributed by atoms with Gasteiger partial charge in [0.2, 0.25) is 0 Å². The average molecular weight is 344 g/mol. The van der Waals surface area contributed by atoms with Crippen molar-refractivity contribution in [3.05, 3.63) is 29.6 Å². The van der Waals surface area contributed by atoms with Crippen molar-refractivity contribution in [1.82, 2.24) is 10.2 Å². The second kappa shape index (κ2) is 7.74. The van der Waals surface area contributed by atoms with Crippen molar-refractivity contribution in [3.63, 3.8) is 0 Å². The molecular formula is C15H21FN2O4S. The maximum atomic E-state index is 13.5. The minimum absolute atomic E-state index is 0.0568. The fourth-order valence-electron chi connectivity index (χ4n) is 2.24. The Balaban J connectivity index is 1.67. The van der Waals surface area contributed by atoms with E-state index in [9.17, 15) is 17.6 Å². The molecule has 1 N–H and O–H groups in total. The number of aryl methyl sites for hydroxylation is 1. The first kappa shape index (κ1) is 17.7. The van der Waals surface area contributed by atoms with Crippen molar-refractivity contribution < 1.29 is 22.3 Å². The number of halogens is 1. The predicted molar refractivity (Wildman–Crippen MR) is 84.7 cm³/mol. The maximum absolute atomic E-state index is 13.5. The third-order valence-electron chi connectivity index (χ3n) is 3.63. The van der Waals surface area contributed by atoms with Crippen LogP contribution in [0.25, 0.3) is 0 Å². The summed E-state index contributed by atoms with van der Waals surface area (Å²) < 4.78 is 41.2. The summed E-state index contributed by atoms with van der Waals surface area (Å²) in [6.45, 7) is 3.52. The van der Waals surface area contributed by atoms with Crippen molar-refractivity contribution >= 4 is 15.7 Å². The van der Waals surface area contributed by atoms with Crippen molar-refractivity contribution in [1.29, 1.82) is 0 Å². The minimum Gasteiger partial charge on any atom is -0.481 e. The average Bonchev–Trinajstić information content (AvgIpc) is 2.50. The van der Waals surface area contributed by atoms with Crippen LogP contribution in [0.3, 0.4) is 0 Å². The third kappa shape index (κ3) is 5.80. The van der Waals surface area contributed by atoms with Crippen LogP contribution in [0, 0.1) is 12.7 Å². The van der Waals surface area contributed by atoms with Gasteiger partial charge in [-0.1, -0.05) is 6.07 Å². The minimum atomic E-state index is -2.89. The number of benzene rings is 1. The van der Waals surface area contributed by atoms with Gasteiger partial charge >= 0.3 is 0 Å². The van der Waals surface area contributed by atoms with E-state index in [1.807, 2.05) is 11.8 Å². The molecule has 0 bridgehead atoms. The number of rotatable bonds is 6. The van der Waals surface area contributed by atoms with Gasteiger partial charge in [-0.3, -0.25) is 9.69 Å². The summed E-state index contributed by atoms with van der Waals surface area (Å²) in [6.07, 6.45) is 0. The van der Waals surface area contributed by atoms with Gasteiger partial charge in [-0.15, -0.1) is 0 Å². The van der Waals surface area contributed by atoms with Crippen LogP contribution in [0.15, 0.2) is 18.2 Å². The molecular weight excluding hydrogens is 323 g/mol. The zero-order chi connectivity index (χ0) is 16.9. The highest BCUT2D eigenvalue weighted by molar-refractivity contribution is 7.91. The largest absolute Gasteiger partial charge is 0.481 e. The lowest BCUT2D eigenvalue weighted by atomic mass is 10.2. The van der Waals surface area contributed by atoms with Crippen LogP contribution in [-0.2, 0) is 14.6 Å². The van der Waals surface area contributed by atoms with Crippen molar-refractivity contribution in [2.45, 2.75) is 6.92 Å². The van der Waals surface area contributed by atoms with Gasteiger partial charge in [-0.05, 0) is 24.6 Å². The van der Waals surface area contributed by atoms with Gasteiger partial charge in [0, 0.05) is 26.2 Å². The summed E-state index contributed by atoms with van der Waals surface area (Å²) in [7, 11) is -2.89. The first-order chi connectivity index (χ1) is 10.9. The van der Waals surface area contributed by atoms with E-state index in [0.29, 0.717) is 26.2 Å². The highest BCUT2D eigenvalue weighted by Crippen LogP contribution is 2.17. The van der Waals surface area contributed by atoms with E-state index in [1.54, 1.807) is 6.07 Å². The lowest BCUT2D eigenvalue weighted by molar-refractivity contribution is -0.123. The Morgan fingerprint density at radius 1 is 1.35 bits per heavy atom. The Bertz CT molecular complexity index is 649. The van der Waals surface area contributed by atoms with Crippen LogP contribution in [0.1, 0.15) is 5.56 Å². The monoisotopic (exact) mass is 344 g/mol. The van der Waals surface area contributed by atoms with Gasteiger partial charge in [0.15, 0.2) is 28.0 Å². The third-order valence-corrected chi connectivity index (χ3v) is 5.24. The molecule has 0 saturated carbocycles. The number of carbonyl (C=O) groups excluding carboxylic acids is 1. The van der Waals surface area contributed by atoms with E-state index in [2.05, 4.69) is 5.32 Å². The van der Waals surface area contributed by atoms with Crippen LogP contribution in [0.5, 0.6) is 5.75 Å². The lowest BCUT2D eigenvalue weighted by Crippen LogP contribution is -2.44. The fraction of sp³-hybridized carbons (Fsp3) is 0.533. The topological polar surface area (TPSA) is 75.7 Å². The van der Waals surface area contributed by atoms with Crippen LogP contribution in [0.2, 0.25) is 0 Å². The van der Waals surface area contributed by atoms with Gasteiger partial charge in [-0.25, -0.2) is 12.8 Å². The van der Waals surface area contributed by atoms with E-state index < -0.39 is 15.7 Å². The van der Waals surface area contributed by atoms with Gasteiger partial charge in [0.05, 0.1) is 11.5 Å². The smallest absolute Gasteiger partial charge is 0.257 e. The summed E-state index contributed by atoms with van der Waals surface area (Å²) in [4.78, 5) is 13.7. The molecule has 23 heavy (non-hydrogen) atoms. The van der Waals surface area contributed by atoms with Gasteiger partial charge < -0.3 is 10.1 Å². The molecule has 1 aromatic carbocycles. The Kier molecular flexibility index (Phi) is 5.95. The van der Waals surface area contributed by atoms with E-state index in [-0.39, 0.29) is 29.8 Å². The molecule has 1 amide bonds. The Labute approximate surface area is 135 Å². The molecule has 0 spiro atoms. The van der Waals surface area contributed by atoms with Crippen LogP contribution < -0.4 is 10.1 Å². The SMILES string of the molecule is Cc1ccc(F)c(OCC(=O)NCCN2CCS(=O)(=O)CC2)c1. The van der Waals surface area contributed by atoms with Crippen LogP contribution >= 0.6 is 0 Å². The molecule has 6 nitrogen and oxygen atoms in total. The second-order valence-corrected chi connectivity index (χ2v) is 7.87. The fourth-order valence-corrected chi connectivity index (χ4v) is 3.52. The van der Waals surface area contributed by atoms with E-state index in [4.69, 9.17) is 4.74 Å². The van der Waals surface area contributed by atoms with E-state index in [0.717, 1.165) is 5.56 Å². The first-order valence-corrected chi connectivity index (χ1v) is 9.26. The Morgan fingerprint density at radius 3 is 2.74 bits per heavy atom. The molecule has 1 aliphatic heterocycles. The summed E-state index contributed by atoms with van der Waals surface area (Å²) >= 11 is 0. The molecule has 0 atom stereocenters. The normalized spacial score (nSPS) is 17.7. The number of nitrogens with zero attached hydrogens (tertiary/aromatic N) is 1. The summed E-state index contributed by atoms with van der Waals surface area (Å²) in [6, 6.07) is 4.46. The zero-order valence-electron chi connectivity index (χ0n) is 13.0. The maximum Gasteiger partial charge on any atom is 0.257 e. The highest BCUT2D eigenvalue weighted by Gasteiger charge is 2.21. The second-order valence-electron chi connectivity index (χ2n) is 5.57. The summed E-state index contributed by atoms with van der Waals surface area (Å²) in [5, 5.41) is 2.68. The molecule has 0 aromatic heterocycles. The number of nitrogens with one attached hydrogen (secondary N) is 1. The molecule has 2 rings (SSSR count). The molecule has 0 radical (unpaired) electrons. The van der Waals surface area contributed by atoms with Crippen molar-refractivity contribution in [2.75, 3.05) is 44.3 Å². The molecule has 128 valence electrons. The van der Waals surface area contributed by atoms with Crippen LogP contribution in [0.4, 0.5) is 4.39 Å². The molecule has 1 heterocycles. The molecule has 1 aromatic rings. The zero-order valence-corrected chi connectivity index (χ0v) is 13.9. The van der Waals surface area contributed by atoms with Gasteiger partial charge in [0.25, 0.3) is 5.91 Å². The Hall–Kier alpha value is -1.67. The number of amides is 1. The number of hydrogen-bond acceptors (Lipinski definition) is 5. The number of ether oxygens (including phenoxy) is 1. The van der Waals surface area contributed by atoms with Gasteiger partial charge in [-0.2, -0.15) is 0 Å². The van der Waals surface area contributed by atoms with Crippen LogP contribution in [-0.4, -0.2) is 63.5 Å². The molecule has 1 saturated heterocycles. The lowest BCUT2D eigenvalue weighted by Gasteiger charge is -2.26. The predicted octanol–water partition coefficient (Wildman–Crippen LogP) is 0.360. The van der Waals surface area contributed by atoms with Crippen molar-refractivity contribution in [3.8, 4) is 5.75 Å². The summed E-state index contributed by atoms with van der Waals surface area (Å²) in [5.74, 6) is -0.456. The first-order valence-electron chi connectivity index (χ1n) is 7.44. The molecule has 1 aliphatic rings. The van der Waals surface area contributed by atoms with E-state index in [1.165, 1.54) is 12.1 Å². The van der Waals surface area contributed by atoms with E-state index >= 15 is 0 Å². The standard InChI is InChI=1S/C15H21FN2O4S/c1-12-2-3-13(16)14(10-12)22-11-15(19)17-4-5-18-6-8-23(20,21)9-7-18/h2-3,10H,4-9,11H2,1H3,(H,17,19). The highest BCUT2D eigenvalue weighted by atomic mass is 32.2. The number of sulfone groups is 1.